The summed E-state index contributed by atoms with van der Waals surface area (Å²) in [7, 11) is -3.11. The van der Waals surface area contributed by atoms with Crippen molar-refractivity contribution >= 4 is 33.0 Å². The first-order chi connectivity index (χ1) is 11.4. The Balaban J connectivity index is 1.56. The summed E-state index contributed by atoms with van der Waals surface area (Å²) in [6.07, 6.45) is 4.66. The van der Waals surface area contributed by atoms with E-state index in [1.54, 1.807) is 0 Å². The van der Waals surface area contributed by atoms with Gasteiger partial charge in [0.25, 0.3) is 5.91 Å². The van der Waals surface area contributed by atoms with E-state index < -0.39 is 21.7 Å². The average molecular weight is 370 g/mol. The number of nitrogens with one attached hydrogen (secondary N) is 2. The third-order valence-corrected chi connectivity index (χ3v) is 7.89. The maximum absolute atomic E-state index is 12.2. The molecule has 2 heterocycles. The number of carbonyl (C=O) groups is 2. The number of hydrazine groups is 1. The van der Waals surface area contributed by atoms with Crippen LogP contribution in [-0.2, 0) is 27.5 Å². The van der Waals surface area contributed by atoms with Gasteiger partial charge in [-0.3, -0.25) is 20.4 Å². The van der Waals surface area contributed by atoms with Crippen molar-refractivity contribution in [2.45, 2.75) is 39.0 Å². The zero-order valence-electron chi connectivity index (χ0n) is 13.6. The standard InChI is InChI=1S/C16H22N2O4S2/c1-2-10-3-4-13-12(7-10)8-14(23-13)16(20)18-17-15(19)11-5-6-24(21,22)9-11/h8,10-11H,2-7,9H2,1H3,(H,17,19)(H,18,20)/t10-,11-/m1/s1. The second kappa shape index (κ2) is 6.84. The SMILES string of the molecule is CC[C@@H]1CCc2sc(C(=O)NNC(=O)[C@@H]3CCS(=O)(=O)C3)cc2C1. The van der Waals surface area contributed by atoms with E-state index in [4.69, 9.17) is 0 Å². The van der Waals surface area contributed by atoms with E-state index in [2.05, 4.69) is 17.8 Å². The molecule has 0 radical (unpaired) electrons. The number of amides is 2. The summed E-state index contributed by atoms with van der Waals surface area (Å²) in [5.74, 6) is -0.756. The molecule has 1 fully saturated rings. The first kappa shape index (κ1) is 17.4. The van der Waals surface area contributed by atoms with Crippen LogP contribution in [0.25, 0.3) is 0 Å². The molecule has 24 heavy (non-hydrogen) atoms. The molecule has 2 atom stereocenters. The molecule has 0 aromatic carbocycles. The van der Waals surface area contributed by atoms with Crippen LogP contribution in [0.1, 0.15) is 46.3 Å². The van der Waals surface area contributed by atoms with E-state index in [9.17, 15) is 18.0 Å². The lowest BCUT2D eigenvalue weighted by molar-refractivity contribution is -0.125. The number of hydrogen-bond acceptors (Lipinski definition) is 5. The Bertz CT molecular complexity index is 754. The monoisotopic (exact) mass is 370 g/mol. The summed E-state index contributed by atoms with van der Waals surface area (Å²) < 4.78 is 22.8. The second-order valence-corrected chi connectivity index (χ2v) is 9.98. The normalized spacial score (nSPS) is 25.0. The fourth-order valence-electron chi connectivity index (χ4n) is 3.34. The molecule has 0 unspecified atom stereocenters. The molecule has 1 aliphatic heterocycles. The molecule has 1 saturated heterocycles. The number of fused-ring (bicyclic) bond motifs is 1. The van der Waals surface area contributed by atoms with Crippen LogP contribution in [-0.4, -0.2) is 31.7 Å². The minimum Gasteiger partial charge on any atom is -0.273 e. The molecule has 1 aromatic rings. The number of aryl methyl sites for hydroxylation is 1. The Morgan fingerprint density at radius 3 is 2.75 bits per heavy atom. The quantitative estimate of drug-likeness (QED) is 0.788. The maximum atomic E-state index is 12.2. The molecule has 1 aromatic heterocycles. The minimum atomic E-state index is -3.11. The lowest BCUT2D eigenvalue weighted by atomic mass is 9.87. The molecule has 2 amide bonds. The highest BCUT2D eigenvalue weighted by molar-refractivity contribution is 7.91. The molecule has 0 saturated carbocycles. The van der Waals surface area contributed by atoms with Crippen LogP contribution in [0.4, 0.5) is 0 Å². The van der Waals surface area contributed by atoms with Crippen LogP contribution in [0.15, 0.2) is 6.07 Å². The van der Waals surface area contributed by atoms with Crippen LogP contribution in [0.2, 0.25) is 0 Å². The van der Waals surface area contributed by atoms with Crippen LogP contribution in [0.3, 0.4) is 0 Å². The zero-order chi connectivity index (χ0) is 17.3. The summed E-state index contributed by atoms with van der Waals surface area (Å²) >= 11 is 1.48. The van der Waals surface area contributed by atoms with Gasteiger partial charge in [-0.1, -0.05) is 13.3 Å². The fraction of sp³-hybridized carbons (Fsp3) is 0.625. The largest absolute Gasteiger partial charge is 0.279 e. The molecule has 2 N–H and O–H groups in total. The van der Waals surface area contributed by atoms with Gasteiger partial charge in [0.15, 0.2) is 9.84 Å². The van der Waals surface area contributed by atoms with Gasteiger partial charge >= 0.3 is 0 Å². The van der Waals surface area contributed by atoms with Gasteiger partial charge < -0.3 is 0 Å². The average Bonchev–Trinajstić information content (AvgIpc) is 3.14. The van der Waals surface area contributed by atoms with Gasteiger partial charge in [-0.05, 0) is 43.2 Å². The Morgan fingerprint density at radius 1 is 1.29 bits per heavy atom. The summed E-state index contributed by atoms with van der Waals surface area (Å²) in [4.78, 5) is 26.0. The van der Waals surface area contributed by atoms with Gasteiger partial charge in [0.2, 0.25) is 5.91 Å². The zero-order valence-corrected chi connectivity index (χ0v) is 15.3. The smallest absolute Gasteiger partial charge is 0.273 e. The Labute approximate surface area is 145 Å². The first-order valence-electron chi connectivity index (χ1n) is 8.30. The Kier molecular flexibility index (Phi) is 4.96. The summed E-state index contributed by atoms with van der Waals surface area (Å²) in [5.41, 5.74) is 6.03. The molecule has 0 bridgehead atoms. The van der Waals surface area contributed by atoms with E-state index in [1.165, 1.54) is 21.8 Å². The van der Waals surface area contributed by atoms with Crippen molar-refractivity contribution in [1.82, 2.24) is 10.9 Å². The maximum Gasteiger partial charge on any atom is 0.279 e. The highest BCUT2D eigenvalue weighted by atomic mass is 32.2. The van der Waals surface area contributed by atoms with Crippen LogP contribution >= 0.6 is 11.3 Å². The van der Waals surface area contributed by atoms with Gasteiger partial charge in [0.1, 0.15) is 0 Å². The molecule has 0 spiro atoms. The molecular formula is C16H22N2O4S2. The van der Waals surface area contributed by atoms with Crippen molar-refractivity contribution in [3.63, 3.8) is 0 Å². The molecule has 1 aliphatic carbocycles. The van der Waals surface area contributed by atoms with E-state index in [0.29, 0.717) is 17.2 Å². The van der Waals surface area contributed by atoms with Crippen molar-refractivity contribution in [1.29, 1.82) is 0 Å². The number of hydrogen-bond donors (Lipinski definition) is 2. The van der Waals surface area contributed by atoms with Crippen molar-refractivity contribution in [3.05, 3.63) is 21.4 Å². The highest BCUT2D eigenvalue weighted by Gasteiger charge is 2.33. The second-order valence-electron chi connectivity index (χ2n) is 6.62. The van der Waals surface area contributed by atoms with Gasteiger partial charge in [-0.15, -0.1) is 11.3 Å². The number of rotatable bonds is 3. The van der Waals surface area contributed by atoms with Crippen LogP contribution < -0.4 is 10.9 Å². The van der Waals surface area contributed by atoms with Crippen molar-refractivity contribution in [2.24, 2.45) is 11.8 Å². The van der Waals surface area contributed by atoms with E-state index in [0.717, 1.165) is 25.7 Å². The Morgan fingerprint density at radius 2 is 2.08 bits per heavy atom. The van der Waals surface area contributed by atoms with Crippen molar-refractivity contribution < 1.29 is 18.0 Å². The highest BCUT2D eigenvalue weighted by Crippen LogP contribution is 2.33. The third kappa shape index (κ3) is 3.80. The Hall–Kier alpha value is -1.41. The molecule has 6 nitrogen and oxygen atoms in total. The number of thiophene rings is 1. The molecule has 3 rings (SSSR count). The van der Waals surface area contributed by atoms with Crippen molar-refractivity contribution in [3.8, 4) is 0 Å². The van der Waals surface area contributed by atoms with Gasteiger partial charge in [0, 0.05) is 4.88 Å². The summed E-state index contributed by atoms with van der Waals surface area (Å²) in [5, 5.41) is 0. The van der Waals surface area contributed by atoms with Crippen LogP contribution in [0.5, 0.6) is 0 Å². The predicted octanol–water partition coefficient (Wildman–Crippen LogP) is 1.46. The van der Waals surface area contributed by atoms with Gasteiger partial charge in [-0.2, -0.15) is 0 Å². The predicted molar refractivity (Wildman–Crippen MR) is 92.5 cm³/mol. The van der Waals surface area contributed by atoms with E-state index >= 15 is 0 Å². The van der Waals surface area contributed by atoms with Crippen LogP contribution in [0, 0.1) is 11.8 Å². The number of carbonyl (C=O) groups excluding carboxylic acids is 2. The van der Waals surface area contributed by atoms with Crippen molar-refractivity contribution in [2.75, 3.05) is 11.5 Å². The molecule has 2 aliphatic rings. The lowest BCUT2D eigenvalue weighted by Crippen LogP contribution is -2.44. The number of sulfone groups is 1. The lowest BCUT2D eigenvalue weighted by Gasteiger charge is -2.19. The minimum absolute atomic E-state index is 0.0370. The molecule has 132 valence electrons. The van der Waals surface area contributed by atoms with Gasteiger partial charge in [-0.25, -0.2) is 8.42 Å². The van der Waals surface area contributed by atoms with Gasteiger partial charge in [0.05, 0.1) is 22.3 Å². The first-order valence-corrected chi connectivity index (χ1v) is 10.9. The van der Waals surface area contributed by atoms with E-state index in [1.807, 2.05) is 6.07 Å². The third-order valence-electron chi connectivity index (χ3n) is 4.89. The fourth-order valence-corrected chi connectivity index (χ4v) is 6.19. The molecular weight excluding hydrogens is 348 g/mol. The van der Waals surface area contributed by atoms with E-state index in [-0.39, 0.29) is 17.4 Å². The molecule has 8 heteroatoms. The summed E-state index contributed by atoms with van der Waals surface area (Å²) in [6, 6.07) is 1.92. The topological polar surface area (TPSA) is 92.3 Å². The summed E-state index contributed by atoms with van der Waals surface area (Å²) in [6.45, 7) is 2.19.